The predicted octanol–water partition coefficient (Wildman–Crippen LogP) is 2.58. The van der Waals surface area contributed by atoms with E-state index in [1.165, 1.54) is 19.2 Å². The summed E-state index contributed by atoms with van der Waals surface area (Å²) >= 11 is 0. The Hall–Kier alpha value is -2.13. The molecule has 0 heterocycles. The van der Waals surface area contributed by atoms with E-state index in [-0.39, 0.29) is 29.0 Å². The van der Waals surface area contributed by atoms with Crippen LogP contribution in [0.1, 0.15) is 5.56 Å². The lowest BCUT2D eigenvalue weighted by Gasteiger charge is -2.11. The molecule has 20 heavy (non-hydrogen) atoms. The third kappa shape index (κ3) is 2.58. The number of ether oxygens (including phenoxy) is 2. The number of methoxy groups -OCH3 is 1. The van der Waals surface area contributed by atoms with Gasteiger partial charge in [0, 0.05) is 18.0 Å². The molecule has 2 rings (SSSR count). The van der Waals surface area contributed by atoms with Gasteiger partial charge in [-0.25, -0.2) is 4.39 Å². The Kier molecular flexibility index (Phi) is 4.21. The zero-order valence-electron chi connectivity index (χ0n) is 10.6. The predicted molar refractivity (Wildman–Crippen MR) is 71.9 cm³/mol. The number of hydrogen-bond acceptors (Lipinski definition) is 2. The standard InChI is InChI=1S/C14H10BF3O2/c1-3-11-13(16)5-4-9-6-10(20-8-19-2)7-12(14(9)11)15(17)18/h1,4-7H,8H2,2H3. The van der Waals surface area contributed by atoms with Crippen LogP contribution < -0.4 is 10.2 Å². The lowest BCUT2D eigenvalue weighted by atomic mass is 9.80. The highest BCUT2D eigenvalue weighted by Crippen LogP contribution is 2.25. The maximum atomic E-state index is 13.6. The fourth-order valence-electron chi connectivity index (χ4n) is 1.97. The molecule has 0 aromatic heterocycles. The van der Waals surface area contributed by atoms with Crippen molar-refractivity contribution in [1.82, 2.24) is 0 Å². The number of hydrogen-bond donors (Lipinski definition) is 0. The highest BCUT2D eigenvalue weighted by molar-refractivity contribution is 6.63. The summed E-state index contributed by atoms with van der Waals surface area (Å²) < 4.78 is 49.8. The van der Waals surface area contributed by atoms with Gasteiger partial charge in [0.15, 0.2) is 6.79 Å². The molecule has 0 spiro atoms. The Labute approximate surface area is 114 Å². The topological polar surface area (TPSA) is 18.5 Å². The van der Waals surface area contributed by atoms with E-state index in [0.717, 1.165) is 12.1 Å². The zero-order valence-corrected chi connectivity index (χ0v) is 10.6. The molecule has 0 saturated heterocycles. The van der Waals surface area contributed by atoms with Gasteiger partial charge in [0.05, 0.1) is 5.56 Å². The van der Waals surface area contributed by atoms with Crippen molar-refractivity contribution in [3.05, 3.63) is 35.6 Å². The molecule has 2 nitrogen and oxygen atoms in total. The summed E-state index contributed by atoms with van der Waals surface area (Å²) in [7, 11) is -1.38. The van der Waals surface area contributed by atoms with Gasteiger partial charge in [0.2, 0.25) is 0 Å². The van der Waals surface area contributed by atoms with Crippen LogP contribution in [0.4, 0.5) is 13.0 Å². The Balaban J connectivity index is 2.72. The van der Waals surface area contributed by atoms with E-state index in [1.807, 2.05) is 0 Å². The zero-order chi connectivity index (χ0) is 14.7. The number of rotatable bonds is 4. The van der Waals surface area contributed by atoms with Crippen molar-refractivity contribution in [2.75, 3.05) is 13.9 Å². The van der Waals surface area contributed by atoms with Crippen LogP contribution in [-0.4, -0.2) is 21.2 Å². The smallest absolute Gasteiger partial charge is 0.468 e. The Morgan fingerprint density at radius 3 is 2.65 bits per heavy atom. The first-order valence-electron chi connectivity index (χ1n) is 5.71. The van der Waals surface area contributed by atoms with Crippen molar-refractivity contribution in [2.45, 2.75) is 0 Å². The largest absolute Gasteiger partial charge is 0.572 e. The highest BCUT2D eigenvalue weighted by atomic mass is 19.2. The van der Waals surface area contributed by atoms with Gasteiger partial charge in [-0.05, 0) is 23.6 Å². The van der Waals surface area contributed by atoms with Gasteiger partial charge in [-0.15, -0.1) is 6.42 Å². The molecule has 0 fully saturated rings. The average molecular weight is 278 g/mol. The Morgan fingerprint density at radius 1 is 1.30 bits per heavy atom. The van der Waals surface area contributed by atoms with Crippen LogP contribution in [0.3, 0.4) is 0 Å². The van der Waals surface area contributed by atoms with E-state index in [4.69, 9.17) is 15.9 Å². The molecular weight excluding hydrogens is 268 g/mol. The molecule has 102 valence electrons. The highest BCUT2D eigenvalue weighted by Gasteiger charge is 2.23. The Morgan fingerprint density at radius 2 is 2.05 bits per heavy atom. The second-order valence-corrected chi connectivity index (χ2v) is 4.03. The van der Waals surface area contributed by atoms with Gasteiger partial charge in [0.1, 0.15) is 11.6 Å². The normalized spacial score (nSPS) is 10.3. The minimum atomic E-state index is -2.79. The van der Waals surface area contributed by atoms with Gasteiger partial charge in [-0.3, -0.25) is 8.63 Å². The van der Waals surface area contributed by atoms with E-state index in [1.54, 1.807) is 0 Å². The van der Waals surface area contributed by atoms with E-state index in [9.17, 15) is 13.0 Å². The average Bonchev–Trinajstić information content (AvgIpc) is 2.44. The van der Waals surface area contributed by atoms with E-state index in [2.05, 4.69) is 5.92 Å². The summed E-state index contributed by atoms with van der Waals surface area (Å²) in [5.41, 5.74) is -0.530. The van der Waals surface area contributed by atoms with Gasteiger partial charge >= 0.3 is 7.27 Å². The summed E-state index contributed by atoms with van der Waals surface area (Å²) in [4.78, 5) is 0. The minimum absolute atomic E-state index is 0.0345. The molecule has 0 saturated carbocycles. The summed E-state index contributed by atoms with van der Waals surface area (Å²) in [6.07, 6.45) is 5.22. The molecule has 2 aromatic carbocycles. The summed E-state index contributed by atoms with van der Waals surface area (Å²) in [5.74, 6) is 1.63. The second-order valence-electron chi connectivity index (χ2n) is 4.03. The fourth-order valence-corrected chi connectivity index (χ4v) is 1.97. The molecular formula is C14H10BF3O2. The maximum Gasteiger partial charge on any atom is 0.572 e. The van der Waals surface area contributed by atoms with Crippen LogP contribution in [0.25, 0.3) is 10.8 Å². The van der Waals surface area contributed by atoms with Crippen LogP contribution in [0.15, 0.2) is 24.3 Å². The monoisotopic (exact) mass is 278 g/mol. The molecule has 0 unspecified atom stereocenters. The van der Waals surface area contributed by atoms with Crippen molar-refractivity contribution in [2.24, 2.45) is 0 Å². The number of halogens is 3. The van der Waals surface area contributed by atoms with Crippen molar-refractivity contribution in [3.8, 4) is 18.1 Å². The van der Waals surface area contributed by atoms with Crippen molar-refractivity contribution in [1.29, 1.82) is 0 Å². The molecule has 0 aliphatic rings. The van der Waals surface area contributed by atoms with Crippen molar-refractivity contribution < 1.29 is 22.5 Å². The van der Waals surface area contributed by atoms with Gasteiger partial charge < -0.3 is 9.47 Å². The van der Waals surface area contributed by atoms with Gasteiger partial charge in [-0.1, -0.05) is 12.0 Å². The molecule has 0 aliphatic carbocycles. The molecule has 0 aliphatic heterocycles. The van der Waals surface area contributed by atoms with Crippen LogP contribution in [0, 0.1) is 18.2 Å². The molecule has 0 bridgehead atoms. The maximum absolute atomic E-state index is 13.6. The molecule has 0 N–H and O–H groups in total. The molecule has 6 heteroatoms. The Bertz CT molecular complexity index is 680. The summed E-state index contributed by atoms with van der Waals surface area (Å²) in [5, 5.41) is 0.426. The van der Waals surface area contributed by atoms with Crippen molar-refractivity contribution in [3.63, 3.8) is 0 Å². The van der Waals surface area contributed by atoms with E-state index < -0.39 is 13.1 Å². The number of benzene rings is 2. The molecule has 0 atom stereocenters. The van der Waals surface area contributed by atoms with Crippen LogP contribution >= 0.6 is 0 Å². The third-order valence-corrected chi connectivity index (χ3v) is 2.79. The SMILES string of the molecule is C#Cc1c(F)ccc2cc(OCOC)cc(B(F)F)c12. The first kappa shape index (κ1) is 14.3. The quantitative estimate of drug-likeness (QED) is 0.486. The van der Waals surface area contributed by atoms with E-state index in [0.29, 0.717) is 5.39 Å². The summed E-state index contributed by atoms with van der Waals surface area (Å²) in [6.45, 7) is -0.0720. The molecule has 2 aromatic rings. The van der Waals surface area contributed by atoms with Crippen LogP contribution in [0.5, 0.6) is 5.75 Å². The molecule has 0 radical (unpaired) electrons. The fraction of sp³-hybridized carbons (Fsp3) is 0.143. The van der Waals surface area contributed by atoms with Crippen LogP contribution in [-0.2, 0) is 4.74 Å². The second kappa shape index (κ2) is 5.89. The lowest BCUT2D eigenvalue weighted by Crippen LogP contribution is -2.23. The van der Waals surface area contributed by atoms with Crippen LogP contribution in [0.2, 0.25) is 0 Å². The summed E-state index contributed by atoms with van der Waals surface area (Å²) in [6, 6.07) is 5.19. The first-order chi connectivity index (χ1) is 9.58. The third-order valence-electron chi connectivity index (χ3n) is 2.79. The first-order valence-corrected chi connectivity index (χ1v) is 5.71. The van der Waals surface area contributed by atoms with Gasteiger partial charge in [-0.2, -0.15) is 0 Å². The van der Waals surface area contributed by atoms with E-state index >= 15 is 0 Å². The lowest BCUT2D eigenvalue weighted by molar-refractivity contribution is 0.0513. The number of terminal acetylenes is 1. The van der Waals surface area contributed by atoms with Crippen molar-refractivity contribution >= 4 is 23.5 Å². The van der Waals surface area contributed by atoms with Gasteiger partial charge in [0.25, 0.3) is 0 Å². The number of fused-ring (bicyclic) bond motifs is 1. The minimum Gasteiger partial charge on any atom is -0.468 e. The molecule has 0 amide bonds.